The molecule has 0 atom stereocenters. The number of nitrogens with one attached hydrogen (secondary N) is 1. The van der Waals surface area contributed by atoms with Gasteiger partial charge >= 0.3 is 24.3 Å². The predicted octanol–water partition coefficient (Wildman–Crippen LogP) is 4.78. The maximum atomic E-state index is 10.6. The van der Waals surface area contributed by atoms with Gasteiger partial charge in [0.25, 0.3) is 0 Å². The Morgan fingerprint density at radius 1 is 0.917 bits per heavy atom. The van der Waals surface area contributed by atoms with E-state index in [1.54, 1.807) is 0 Å². The fraction of sp³-hybridized carbons (Fsp3) is 0.364. The molecule has 3 N–H and O–H groups in total. The number of pyridine rings is 1. The Bertz CT molecular complexity index is 1130. The first-order valence-electron chi connectivity index (χ1n) is 10.1. The van der Waals surface area contributed by atoms with Crippen LogP contribution < -0.4 is 0 Å². The number of carboxylic acids is 2. The fourth-order valence-corrected chi connectivity index (χ4v) is 2.65. The highest BCUT2D eigenvalue weighted by Crippen LogP contribution is 2.18. The molecule has 0 aliphatic rings. The number of aromatic amines is 1. The van der Waals surface area contributed by atoms with Gasteiger partial charge in [-0.2, -0.15) is 26.3 Å². The first-order valence-corrected chi connectivity index (χ1v) is 10.1. The number of carboxylic acid groups (broad SMARTS) is 2. The van der Waals surface area contributed by atoms with E-state index in [0.717, 1.165) is 35.6 Å². The number of imidazole rings is 1. The van der Waals surface area contributed by atoms with Gasteiger partial charge in [0.2, 0.25) is 0 Å². The van der Waals surface area contributed by atoms with Crippen molar-refractivity contribution < 1.29 is 46.1 Å². The molecular formula is C22H24F6N4O4. The van der Waals surface area contributed by atoms with Gasteiger partial charge in [-0.25, -0.2) is 14.6 Å². The van der Waals surface area contributed by atoms with Crippen molar-refractivity contribution in [1.82, 2.24) is 19.9 Å². The number of hydrogen-bond acceptors (Lipinski definition) is 5. The summed E-state index contributed by atoms with van der Waals surface area (Å²) in [5.41, 5.74) is 7.07. The SMILES string of the molecule is Cc1cc2nc(CN(C)Cc3ncccc3C)[nH]c2cc1C.O=C(O)C(F)(F)F.O=C(O)C(F)(F)F. The highest BCUT2D eigenvalue weighted by Gasteiger charge is 2.38. The van der Waals surface area contributed by atoms with Gasteiger partial charge in [0.05, 0.1) is 23.3 Å². The molecule has 2 aromatic heterocycles. The molecule has 3 rings (SSSR count). The van der Waals surface area contributed by atoms with Crippen LogP contribution in [-0.2, 0) is 22.7 Å². The molecule has 8 nitrogen and oxygen atoms in total. The zero-order valence-corrected chi connectivity index (χ0v) is 19.6. The van der Waals surface area contributed by atoms with Crippen molar-refractivity contribution in [3.05, 3.63) is 58.7 Å². The van der Waals surface area contributed by atoms with Gasteiger partial charge in [-0.05, 0) is 62.7 Å². The van der Waals surface area contributed by atoms with E-state index in [9.17, 15) is 26.3 Å². The largest absolute Gasteiger partial charge is 0.490 e. The number of carbonyl (C=O) groups is 2. The Morgan fingerprint density at radius 3 is 1.89 bits per heavy atom. The minimum absolute atomic E-state index is 0.781. The molecule has 0 saturated carbocycles. The first kappa shape index (κ1) is 30.4. The van der Waals surface area contributed by atoms with Crippen LogP contribution in [0, 0.1) is 20.8 Å². The maximum absolute atomic E-state index is 10.6. The van der Waals surface area contributed by atoms with Crippen molar-refractivity contribution in [1.29, 1.82) is 0 Å². The molecule has 0 spiro atoms. The lowest BCUT2D eigenvalue weighted by atomic mass is 10.1. The normalized spacial score (nSPS) is 11.4. The molecule has 0 amide bonds. The van der Waals surface area contributed by atoms with Crippen LogP contribution in [-0.4, -0.2) is 61.4 Å². The van der Waals surface area contributed by atoms with Gasteiger partial charge < -0.3 is 15.2 Å². The number of alkyl halides is 6. The van der Waals surface area contributed by atoms with Crippen molar-refractivity contribution in [2.45, 2.75) is 46.2 Å². The van der Waals surface area contributed by atoms with E-state index < -0.39 is 24.3 Å². The molecule has 2 heterocycles. The van der Waals surface area contributed by atoms with Crippen LogP contribution in [0.2, 0.25) is 0 Å². The summed E-state index contributed by atoms with van der Waals surface area (Å²) in [6.07, 6.45) is -8.32. The first-order chi connectivity index (χ1) is 16.4. The summed E-state index contributed by atoms with van der Waals surface area (Å²) >= 11 is 0. The topological polar surface area (TPSA) is 119 Å². The van der Waals surface area contributed by atoms with Crippen LogP contribution in [0.4, 0.5) is 26.3 Å². The van der Waals surface area contributed by atoms with Gasteiger partial charge in [-0.1, -0.05) is 6.07 Å². The standard InChI is InChI=1S/C18H22N4.2C2HF3O2/c1-12-6-5-7-19-17(12)10-22(4)11-18-20-15-8-13(2)14(3)9-16(15)21-18;2*3-2(4,5)1(6)7/h5-9H,10-11H2,1-4H3,(H,20,21);2*(H,6,7). The molecule has 0 saturated heterocycles. The zero-order chi connectivity index (χ0) is 27.8. The number of H-pyrrole nitrogens is 1. The second-order valence-corrected chi connectivity index (χ2v) is 7.68. The Kier molecular flexibility index (Phi) is 10.4. The minimum atomic E-state index is -5.08. The van der Waals surface area contributed by atoms with Crippen LogP contribution in [0.3, 0.4) is 0 Å². The average Bonchev–Trinajstić information content (AvgIpc) is 3.10. The third kappa shape index (κ3) is 9.90. The highest BCUT2D eigenvalue weighted by molar-refractivity contribution is 5.77. The number of aryl methyl sites for hydroxylation is 3. The van der Waals surface area contributed by atoms with Gasteiger partial charge in [0, 0.05) is 12.7 Å². The highest BCUT2D eigenvalue weighted by atomic mass is 19.4. The lowest BCUT2D eigenvalue weighted by Gasteiger charge is -2.15. The number of rotatable bonds is 4. The molecule has 36 heavy (non-hydrogen) atoms. The van der Waals surface area contributed by atoms with Gasteiger partial charge in [0.1, 0.15) is 5.82 Å². The molecule has 0 aliphatic carbocycles. The van der Waals surface area contributed by atoms with E-state index in [4.69, 9.17) is 24.8 Å². The molecule has 0 aliphatic heterocycles. The van der Waals surface area contributed by atoms with Crippen molar-refractivity contribution in [2.24, 2.45) is 0 Å². The summed E-state index contributed by atoms with van der Waals surface area (Å²) in [6.45, 7) is 7.96. The zero-order valence-electron chi connectivity index (χ0n) is 19.6. The van der Waals surface area contributed by atoms with E-state index in [2.05, 4.69) is 60.9 Å². The summed E-state index contributed by atoms with van der Waals surface area (Å²) in [5, 5.41) is 14.2. The lowest BCUT2D eigenvalue weighted by Crippen LogP contribution is -2.21. The molecule has 198 valence electrons. The van der Waals surface area contributed by atoms with Crippen LogP contribution in [0.5, 0.6) is 0 Å². The second kappa shape index (κ2) is 12.3. The molecule has 0 bridgehead atoms. The van der Waals surface area contributed by atoms with Crippen molar-refractivity contribution in [2.75, 3.05) is 7.05 Å². The second-order valence-electron chi connectivity index (χ2n) is 7.68. The number of aliphatic carboxylic acids is 2. The van der Waals surface area contributed by atoms with Crippen molar-refractivity contribution in [3.63, 3.8) is 0 Å². The number of aromatic nitrogens is 3. The predicted molar refractivity (Wildman–Crippen MR) is 117 cm³/mol. The van der Waals surface area contributed by atoms with Crippen LogP contribution >= 0.6 is 0 Å². The molecule has 0 fully saturated rings. The van der Waals surface area contributed by atoms with Crippen molar-refractivity contribution >= 4 is 23.0 Å². The van der Waals surface area contributed by atoms with E-state index in [-0.39, 0.29) is 0 Å². The number of halogens is 6. The molecule has 3 aromatic rings. The summed E-state index contributed by atoms with van der Waals surface area (Å²) < 4.78 is 63.5. The Labute approximate surface area is 201 Å². The number of hydrogen-bond donors (Lipinski definition) is 3. The maximum Gasteiger partial charge on any atom is 0.490 e. The molecule has 0 unspecified atom stereocenters. The van der Waals surface area contributed by atoms with Gasteiger partial charge in [0.15, 0.2) is 0 Å². The summed E-state index contributed by atoms with van der Waals surface area (Å²) in [5.74, 6) is -4.52. The minimum Gasteiger partial charge on any atom is -0.475 e. The van der Waals surface area contributed by atoms with Gasteiger partial charge in [-0.3, -0.25) is 9.88 Å². The van der Waals surface area contributed by atoms with Crippen molar-refractivity contribution in [3.8, 4) is 0 Å². The number of fused-ring (bicyclic) bond motifs is 1. The van der Waals surface area contributed by atoms with Gasteiger partial charge in [-0.15, -0.1) is 0 Å². The fourth-order valence-electron chi connectivity index (χ4n) is 2.65. The van der Waals surface area contributed by atoms with E-state index >= 15 is 0 Å². The monoisotopic (exact) mass is 522 g/mol. The quantitative estimate of drug-likeness (QED) is 0.422. The summed E-state index contributed by atoms with van der Waals surface area (Å²) in [6, 6.07) is 8.39. The summed E-state index contributed by atoms with van der Waals surface area (Å²) in [4.78, 5) is 32.6. The number of nitrogens with zero attached hydrogens (tertiary/aromatic N) is 3. The van der Waals surface area contributed by atoms with Crippen LogP contribution in [0.25, 0.3) is 11.0 Å². The molecule has 1 aromatic carbocycles. The Hall–Kier alpha value is -3.68. The Morgan fingerprint density at radius 2 is 1.42 bits per heavy atom. The molecule has 0 radical (unpaired) electrons. The smallest absolute Gasteiger partial charge is 0.475 e. The van der Waals surface area contributed by atoms with Crippen LogP contribution in [0.15, 0.2) is 30.5 Å². The van der Waals surface area contributed by atoms with E-state index in [1.165, 1.54) is 16.7 Å². The van der Waals surface area contributed by atoms with Crippen LogP contribution in [0.1, 0.15) is 28.2 Å². The third-order valence-corrected chi connectivity index (χ3v) is 4.59. The summed E-state index contributed by atoms with van der Waals surface area (Å²) in [7, 11) is 2.10. The Balaban J connectivity index is 0.000000383. The number of benzene rings is 1. The average molecular weight is 522 g/mol. The molecular weight excluding hydrogens is 498 g/mol. The third-order valence-electron chi connectivity index (χ3n) is 4.59. The molecule has 14 heteroatoms. The lowest BCUT2D eigenvalue weighted by molar-refractivity contribution is -0.193. The van der Waals surface area contributed by atoms with E-state index in [1.807, 2.05) is 12.3 Å². The van der Waals surface area contributed by atoms with E-state index in [0.29, 0.717) is 0 Å².